The molecule has 5 heteroatoms. The highest BCUT2D eigenvalue weighted by Crippen LogP contribution is 2.06. The quantitative estimate of drug-likeness (QED) is 0.885. The second-order valence-corrected chi connectivity index (χ2v) is 4.22. The summed E-state index contributed by atoms with van der Waals surface area (Å²) >= 11 is 0. The van der Waals surface area contributed by atoms with Gasteiger partial charge < -0.3 is 10.6 Å². The average Bonchev–Trinajstić information content (AvgIpc) is 2.45. The molecule has 20 heavy (non-hydrogen) atoms. The van der Waals surface area contributed by atoms with Crippen LogP contribution in [0.2, 0.25) is 0 Å². The van der Waals surface area contributed by atoms with E-state index in [1.807, 2.05) is 0 Å². The summed E-state index contributed by atoms with van der Waals surface area (Å²) in [6.45, 7) is 0.158. The fourth-order valence-corrected chi connectivity index (χ4v) is 1.70. The number of rotatable bonds is 4. The van der Waals surface area contributed by atoms with Crippen molar-refractivity contribution in [3.8, 4) is 0 Å². The fraction of sp³-hybridized carbons (Fsp3) is 0.133. The van der Waals surface area contributed by atoms with Gasteiger partial charge in [0.15, 0.2) is 0 Å². The molecule has 0 aliphatic rings. The Hall–Kier alpha value is -2.43. The van der Waals surface area contributed by atoms with E-state index in [1.54, 1.807) is 36.4 Å². The van der Waals surface area contributed by atoms with E-state index in [0.717, 1.165) is 0 Å². The first-order valence-corrected chi connectivity index (χ1v) is 6.15. The molecule has 0 unspecified atom stereocenters. The van der Waals surface area contributed by atoms with Crippen LogP contribution in [-0.4, -0.2) is 6.03 Å². The lowest BCUT2D eigenvalue weighted by atomic mass is 10.2. The summed E-state index contributed by atoms with van der Waals surface area (Å²) in [6, 6.07) is 11.9. The summed E-state index contributed by atoms with van der Waals surface area (Å²) in [5.74, 6) is -0.746. The van der Waals surface area contributed by atoms with E-state index in [0.29, 0.717) is 11.1 Å². The van der Waals surface area contributed by atoms with Crippen LogP contribution in [-0.2, 0) is 13.1 Å². The van der Waals surface area contributed by atoms with Crippen LogP contribution >= 0.6 is 0 Å². The van der Waals surface area contributed by atoms with Crippen molar-refractivity contribution in [2.45, 2.75) is 13.1 Å². The average molecular weight is 276 g/mol. The highest BCUT2D eigenvalue weighted by molar-refractivity contribution is 5.73. The zero-order valence-electron chi connectivity index (χ0n) is 10.7. The maximum atomic E-state index is 13.3. The maximum absolute atomic E-state index is 13.3. The fourth-order valence-electron chi connectivity index (χ4n) is 1.70. The lowest BCUT2D eigenvalue weighted by molar-refractivity contribution is 0.240. The highest BCUT2D eigenvalue weighted by atomic mass is 19.1. The number of urea groups is 1. The molecule has 0 aliphatic carbocycles. The zero-order chi connectivity index (χ0) is 14.4. The van der Waals surface area contributed by atoms with Gasteiger partial charge in [0.05, 0.1) is 0 Å². The van der Waals surface area contributed by atoms with E-state index in [9.17, 15) is 13.6 Å². The molecule has 0 fully saturated rings. The Morgan fingerprint density at radius 3 is 1.60 bits per heavy atom. The molecule has 0 aliphatic heterocycles. The van der Waals surface area contributed by atoms with Crippen LogP contribution < -0.4 is 10.6 Å². The monoisotopic (exact) mass is 276 g/mol. The molecule has 3 nitrogen and oxygen atoms in total. The molecule has 104 valence electrons. The first kappa shape index (κ1) is 14.0. The molecule has 0 saturated heterocycles. The van der Waals surface area contributed by atoms with Crippen molar-refractivity contribution in [1.29, 1.82) is 0 Å². The van der Waals surface area contributed by atoms with E-state index in [-0.39, 0.29) is 24.7 Å². The third-order valence-electron chi connectivity index (χ3n) is 2.79. The predicted octanol–water partition coefficient (Wildman–Crippen LogP) is 2.96. The van der Waals surface area contributed by atoms with Crippen molar-refractivity contribution in [2.24, 2.45) is 0 Å². The van der Waals surface area contributed by atoms with E-state index < -0.39 is 6.03 Å². The number of carbonyl (C=O) groups is 1. The molecule has 2 aromatic carbocycles. The van der Waals surface area contributed by atoms with Gasteiger partial charge in [-0.05, 0) is 12.1 Å². The molecular formula is C15H14F2N2O. The molecule has 0 heterocycles. The SMILES string of the molecule is O=C(NCc1ccccc1F)NCc1ccccc1F. The Bertz CT molecular complexity index is 550. The van der Waals surface area contributed by atoms with E-state index >= 15 is 0 Å². The van der Waals surface area contributed by atoms with Crippen molar-refractivity contribution >= 4 is 6.03 Å². The third-order valence-corrected chi connectivity index (χ3v) is 2.79. The first-order chi connectivity index (χ1) is 9.66. The van der Waals surface area contributed by atoms with Crippen molar-refractivity contribution in [1.82, 2.24) is 10.6 Å². The number of benzene rings is 2. The Labute approximate surface area is 115 Å². The molecule has 0 radical (unpaired) electrons. The molecule has 2 aromatic rings. The minimum Gasteiger partial charge on any atom is -0.334 e. The van der Waals surface area contributed by atoms with Gasteiger partial charge in [0.2, 0.25) is 0 Å². The predicted molar refractivity (Wildman–Crippen MR) is 71.9 cm³/mol. The van der Waals surface area contributed by atoms with Crippen LogP contribution in [0, 0.1) is 11.6 Å². The number of carbonyl (C=O) groups excluding carboxylic acids is 1. The Kier molecular flexibility index (Phi) is 4.65. The summed E-state index contributed by atoms with van der Waals surface area (Å²) in [7, 11) is 0. The molecule has 0 saturated carbocycles. The molecule has 2 rings (SSSR count). The standard InChI is InChI=1S/C15H14F2N2O/c16-13-7-3-1-5-11(13)9-18-15(20)19-10-12-6-2-4-8-14(12)17/h1-8H,9-10H2,(H2,18,19,20). The number of hydrogen-bond acceptors (Lipinski definition) is 1. The topological polar surface area (TPSA) is 41.1 Å². The highest BCUT2D eigenvalue weighted by Gasteiger charge is 2.05. The Balaban J connectivity index is 1.82. The summed E-state index contributed by atoms with van der Waals surface area (Å²) in [4.78, 5) is 11.5. The summed E-state index contributed by atoms with van der Waals surface area (Å²) < 4.78 is 26.6. The van der Waals surface area contributed by atoms with Gasteiger partial charge >= 0.3 is 6.03 Å². The van der Waals surface area contributed by atoms with Crippen molar-refractivity contribution < 1.29 is 13.6 Å². The van der Waals surface area contributed by atoms with Crippen LogP contribution in [0.15, 0.2) is 48.5 Å². The van der Waals surface area contributed by atoms with Crippen molar-refractivity contribution in [3.63, 3.8) is 0 Å². The normalized spacial score (nSPS) is 10.1. The maximum Gasteiger partial charge on any atom is 0.315 e. The molecule has 2 amide bonds. The summed E-state index contributed by atoms with van der Waals surface area (Å²) in [5.41, 5.74) is 0.794. The van der Waals surface area contributed by atoms with Gasteiger partial charge in [0.1, 0.15) is 11.6 Å². The Morgan fingerprint density at radius 1 is 0.800 bits per heavy atom. The van der Waals surface area contributed by atoms with Gasteiger partial charge in [0.25, 0.3) is 0 Å². The Morgan fingerprint density at radius 2 is 1.20 bits per heavy atom. The zero-order valence-corrected chi connectivity index (χ0v) is 10.7. The molecular weight excluding hydrogens is 262 g/mol. The largest absolute Gasteiger partial charge is 0.334 e. The van der Waals surface area contributed by atoms with Gasteiger partial charge in [-0.1, -0.05) is 36.4 Å². The summed E-state index contributed by atoms with van der Waals surface area (Å²) in [5, 5.41) is 5.03. The van der Waals surface area contributed by atoms with Crippen LogP contribution in [0.4, 0.5) is 13.6 Å². The minimum absolute atomic E-state index is 0.0791. The minimum atomic E-state index is -0.475. The molecule has 0 bridgehead atoms. The van der Waals surface area contributed by atoms with Gasteiger partial charge in [-0.25, -0.2) is 13.6 Å². The molecule has 0 spiro atoms. The van der Waals surface area contributed by atoms with Gasteiger partial charge in [0, 0.05) is 24.2 Å². The molecule has 0 aromatic heterocycles. The van der Waals surface area contributed by atoms with E-state index in [1.165, 1.54) is 12.1 Å². The van der Waals surface area contributed by atoms with Crippen LogP contribution in [0.5, 0.6) is 0 Å². The third kappa shape index (κ3) is 3.78. The number of nitrogens with one attached hydrogen (secondary N) is 2. The molecule has 0 atom stereocenters. The number of halogens is 2. The van der Waals surface area contributed by atoms with E-state index in [2.05, 4.69) is 10.6 Å². The lowest BCUT2D eigenvalue weighted by Gasteiger charge is -2.08. The van der Waals surface area contributed by atoms with Gasteiger partial charge in [-0.3, -0.25) is 0 Å². The summed E-state index contributed by atoms with van der Waals surface area (Å²) in [6.07, 6.45) is 0. The van der Waals surface area contributed by atoms with Crippen LogP contribution in [0.3, 0.4) is 0 Å². The lowest BCUT2D eigenvalue weighted by Crippen LogP contribution is -2.34. The van der Waals surface area contributed by atoms with Crippen molar-refractivity contribution in [2.75, 3.05) is 0 Å². The number of amides is 2. The van der Waals surface area contributed by atoms with Crippen LogP contribution in [0.1, 0.15) is 11.1 Å². The second-order valence-electron chi connectivity index (χ2n) is 4.22. The van der Waals surface area contributed by atoms with Crippen LogP contribution in [0.25, 0.3) is 0 Å². The second kappa shape index (κ2) is 6.65. The number of hydrogen-bond donors (Lipinski definition) is 2. The molecule has 2 N–H and O–H groups in total. The van der Waals surface area contributed by atoms with Crippen molar-refractivity contribution in [3.05, 3.63) is 71.3 Å². The smallest absolute Gasteiger partial charge is 0.315 e. The van der Waals surface area contributed by atoms with E-state index in [4.69, 9.17) is 0 Å². The van der Waals surface area contributed by atoms with Gasteiger partial charge in [-0.2, -0.15) is 0 Å². The van der Waals surface area contributed by atoms with Gasteiger partial charge in [-0.15, -0.1) is 0 Å². The first-order valence-electron chi connectivity index (χ1n) is 6.15.